The number of hydrogen-bond donors (Lipinski definition) is 6. The van der Waals surface area contributed by atoms with Crippen molar-refractivity contribution in [2.45, 2.75) is 65.3 Å². The Bertz CT molecular complexity index is 3020. The zero-order valence-electron chi connectivity index (χ0n) is 38.6. The number of β-amino-alcohol motifs (C(OH)–C–C–N with tert-alkyl or cyclic N) is 1. The lowest BCUT2D eigenvalue weighted by atomic mass is 9.85. The SMILES string of the molecule is Cc1ncsc1-c1ccc(C(C)NC(=O)C2CC(O)CN2C(=O)C(NC(=O)COc2ccc(C=NNC(=O)c3ccc(-c4c(-c5ccc(O)cc5)sc5cc(O)ccc45)cc3)cc2)C(C)(C)C)cc1. The minimum atomic E-state index is -1.02. The number of thiophene rings is 1. The van der Waals surface area contributed by atoms with Gasteiger partial charge in [-0.1, -0.05) is 57.2 Å². The summed E-state index contributed by atoms with van der Waals surface area (Å²) < 4.78 is 6.66. The molecule has 1 aliphatic heterocycles. The van der Waals surface area contributed by atoms with Gasteiger partial charge in [0, 0.05) is 39.1 Å². The van der Waals surface area contributed by atoms with E-state index in [9.17, 15) is 34.5 Å². The maximum absolute atomic E-state index is 14.1. The molecule has 1 saturated heterocycles. The Labute approximate surface area is 407 Å². The molecule has 5 aromatic carbocycles. The van der Waals surface area contributed by atoms with E-state index in [4.69, 9.17) is 4.74 Å². The van der Waals surface area contributed by atoms with Gasteiger partial charge >= 0.3 is 0 Å². The van der Waals surface area contributed by atoms with Gasteiger partial charge in [0.1, 0.15) is 29.3 Å². The van der Waals surface area contributed by atoms with Gasteiger partial charge in [0.05, 0.1) is 34.4 Å². The Morgan fingerprint density at radius 1 is 0.855 bits per heavy atom. The maximum Gasteiger partial charge on any atom is 0.271 e. The normalized spacial score (nSPS) is 15.8. The summed E-state index contributed by atoms with van der Waals surface area (Å²) in [6.07, 6.45) is 0.635. The number of thiazole rings is 1. The summed E-state index contributed by atoms with van der Waals surface area (Å²) in [5.74, 6) is -1.12. The maximum atomic E-state index is 14.1. The molecule has 0 radical (unpaired) electrons. The smallest absolute Gasteiger partial charge is 0.271 e. The largest absolute Gasteiger partial charge is 0.508 e. The number of ether oxygens (including phenoxy) is 1. The highest BCUT2D eigenvalue weighted by molar-refractivity contribution is 7.23. The molecule has 16 heteroatoms. The van der Waals surface area contributed by atoms with Gasteiger partial charge in [-0.25, -0.2) is 10.4 Å². The average Bonchev–Trinajstić information content (AvgIpc) is 4.06. The number of carbonyl (C=O) groups excluding carboxylic acids is 4. The molecule has 0 spiro atoms. The lowest BCUT2D eigenvalue weighted by Crippen LogP contribution is -2.58. The van der Waals surface area contributed by atoms with Crippen molar-refractivity contribution < 1.29 is 39.2 Å². The number of amides is 4. The van der Waals surface area contributed by atoms with Crippen molar-refractivity contribution in [2.24, 2.45) is 10.5 Å². The molecule has 6 N–H and O–H groups in total. The van der Waals surface area contributed by atoms with Crippen LogP contribution in [0.1, 0.15) is 67.3 Å². The first kappa shape index (κ1) is 48.1. The van der Waals surface area contributed by atoms with Crippen LogP contribution in [0.2, 0.25) is 0 Å². The number of aromatic hydroxyl groups is 2. The Hall–Kier alpha value is -7.40. The fraction of sp³-hybridized carbons (Fsp3) is 0.245. The number of aliphatic hydroxyl groups excluding tert-OH is 1. The van der Waals surface area contributed by atoms with Crippen molar-refractivity contribution in [1.29, 1.82) is 0 Å². The molecule has 0 bridgehead atoms. The van der Waals surface area contributed by atoms with Crippen molar-refractivity contribution in [2.75, 3.05) is 13.2 Å². The lowest BCUT2D eigenvalue weighted by Gasteiger charge is -2.35. The Balaban J connectivity index is 0.835. The van der Waals surface area contributed by atoms with E-state index in [-0.39, 0.29) is 30.5 Å². The number of nitrogens with zero attached hydrogens (tertiary/aromatic N) is 3. The molecule has 8 rings (SSSR count). The summed E-state index contributed by atoms with van der Waals surface area (Å²) in [4.78, 5) is 61.9. The van der Waals surface area contributed by atoms with Gasteiger partial charge in [0.25, 0.3) is 11.8 Å². The van der Waals surface area contributed by atoms with E-state index in [0.717, 1.165) is 53.4 Å². The highest BCUT2D eigenvalue weighted by Gasteiger charge is 2.44. The third kappa shape index (κ3) is 11.2. The number of phenols is 2. The molecular weight excluding hydrogens is 913 g/mol. The summed E-state index contributed by atoms with van der Waals surface area (Å²) >= 11 is 3.09. The summed E-state index contributed by atoms with van der Waals surface area (Å²) in [6.45, 7) is 8.83. The van der Waals surface area contributed by atoms with Crippen molar-refractivity contribution >= 4 is 62.6 Å². The van der Waals surface area contributed by atoms with Crippen LogP contribution in [0, 0.1) is 12.3 Å². The summed E-state index contributed by atoms with van der Waals surface area (Å²) in [7, 11) is 0. The molecule has 14 nitrogen and oxygen atoms in total. The van der Waals surface area contributed by atoms with E-state index in [1.807, 2.05) is 94.7 Å². The van der Waals surface area contributed by atoms with Gasteiger partial charge in [-0.2, -0.15) is 5.10 Å². The fourth-order valence-corrected chi connectivity index (χ4v) is 10.3. The number of likely N-dealkylation sites (tertiary alicyclic amines) is 1. The molecule has 1 fully saturated rings. The zero-order chi connectivity index (χ0) is 49.0. The second kappa shape index (κ2) is 20.4. The predicted molar refractivity (Wildman–Crippen MR) is 269 cm³/mol. The average molecular weight is 965 g/mol. The quantitative estimate of drug-likeness (QED) is 0.0456. The van der Waals surface area contributed by atoms with E-state index < -0.39 is 53.8 Å². The number of aromatic nitrogens is 1. The van der Waals surface area contributed by atoms with E-state index in [0.29, 0.717) is 16.9 Å². The number of benzene rings is 5. The second-order valence-corrected chi connectivity index (χ2v) is 20.0. The fourth-order valence-electron chi connectivity index (χ4n) is 8.22. The first-order valence-electron chi connectivity index (χ1n) is 22.3. The molecule has 354 valence electrons. The number of hydrazone groups is 1. The molecule has 69 heavy (non-hydrogen) atoms. The summed E-state index contributed by atoms with van der Waals surface area (Å²) in [5.41, 5.74) is 10.3. The summed E-state index contributed by atoms with van der Waals surface area (Å²) in [6, 6.07) is 31.6. The molecular formula is C53H52N6O8S2. The molecule has 4 atom stereocenters. The molecule has 7 aromatic rings. The van der Waals surface area contributed by atoms with E-state index in [2.05, 4.69) is 26.1 Å². The van der Waals surface area contributed by atoms with Crippen LogP contribution in [-0.4, -0.2) is 86.4 Å². The number of fused-ring (bicyclic) bond motifs is 1. The highest BCUT2D eigenvalue weighted by atomic mass is 32.1. The standard InChI is InChI=1S/C53H52N6O8S2/c1-30(33-8-12-35(13-9-33)47-31(2)54-29-68-47)56-51(65)43-24-40(62)27-59(43)52(66)49(53(3,4)5)57-45(63)28-67-41-21-6-32(7-22-41)26-55-58-50(64)37-14-10-34(11-15-37)46-42-23-20-39(61)25-44(42)69-48(46)36-16-18-38(60)19-17-36/h6-23,25-26,29-30,40,43,49,60-62H,24,27-28H2,1-5H3,(H,56,65)(H,57,63)(H,58,64). The number of hydrogen-bond acceptors (Lipinski definition) is 12. The minimum Gasteiger partial charge on any atom is -0.508 e. The predicted octanol–water partition coefficient (Wildman–Crippen LogP) is 8.59. The second-order valence-electron chi connectivity index (χ2n) is 18.0. The van der Waals surface area contributed by atoms with Crippen molar-refractivity contribution in [3.05, 3.63) is 143 Å². The molecule has 0 aliphatic carbocycles. The third-order valence-electron chi connectivity index (χ3n) is 11.9. The molecule has 0 saturated carbocycles. The Morgan fingerprint density at radius 2 is 1.51 bits per heavy atom. The van der Waals surface area contributed by atoms with Crippen LogP contribution in [0.25, 0.3) is 42.1 Å². The number of aryl methyl sites for hydroxylation is 1. The molecule has 3 heterocycles. The van der Waals surface area contributed by atoms with Crippen LogP contribution in [-0.2, 0) is 14.4 Å². The third-order valence-corrected chi connectivity index (χ3v) is 14.1. The number of nitrogens with one attached hydrogen (secondary N) is 3. The van der Waals surface area contributed by atoms with Gasteiger partial charge in [-0.3, -0.25) is 19.2 Å². The number of rotatable bonds is 14. The van der Waals surface area contributed by atoms with Crippen LogP contribution in [0.5, 0.6) is 17.2 Å². The number of phenolic OH excluding ortho intramolecular Hbond substituents is 2. The van der Waals surface area contributed by atoms with Crippen molar-refractivity contribution in [1.82, 2.24) is 25.9 Å². The Morgan fingerprint density at radius 3 is 2.17 bits per heavy atom. The van der Waals surface area contributed by atoms with Crippen LogP contribution < -0.4 is 20.8 Å². The monoisotopic (exact) mass is 964 g/mol. The summed E-state index contributed by atoms with van der Waals surface area (Å²) in [5, 5.41) is 41.6. The first-order chi connectivity index (χ1) is 33.0. The highest BCUT2D eigenvalue weighted by Crippen LogP contribution is 2.46. The topological polar surface area (TPSA) is 203 Å². The van der Waals surface area contributed by atoms with E-state index in [1.54, 1.807) is 72.0 Å². The van der Waals surface area contributed by atoms with Gasteiger partial charge in [0.2, 0.25) is 11.8 Å². The van der Waals surface area contributed by atoms with Crippen molar-refractivity contribution in [3.63, 3.8) is 0 Å². The number of carbonyl (C=O) groups is 4. The molecule has 1 aliphatic rings. The van der Waals surface area contributed by atoms with Gasteiger partial charge in [-0.05, 0) is 126 Å². The van der Waals surface area contributed by atoms with Crippen molar-refractivity contribution in [3.8, 4) is 49.3 Å². The van der Waals surface area contributed by atoms with Gasteiger partial charge < -0.3 is 35.6 Å². The van der Waals surface area contributed by atoms with Crippen LogP contribution in [0.15, 0.2) is 126 Å². The van der Waals surface area contributed by atoms with Gasteiger partial charge in [-0.15, -0.1) is 22.7 Å². The first-order valence-corrected chi connectivity index (χ1v) is 24.0. The minimum absolute atomic E-state index is 0.0499. The Kier molecular flexibility index (Phi) is 14.2. The van der Waals surface area contributed by atoms with Crippen LogP contribution >= 0.6 is 22.7 Å². The van der Waals surface area contributed by atoms with Crippen LogP contribution in [0.4, 0.5) is 0 Å². The van der Waals surface area contributed by atoms with E-state index >= 15 is 0 Å². The zero-order valence-corrected chi connectivity index (χ0v) is 40.2. The molecule has 2 aromatic heterocycles. The molecule has 4 amide bonds. The molecule has 4 unspecified atom stereocenters. The van der Waals surface area contributed by atoms with E-state index in [1.165, 1.54) is 22.5 Å². The van der Waals surface area contributed by atoms with Gasteiger partial charge in [0.15, 0.2) is 6.61 Å². The lowest BCUT2D eigenvalue weighted by molar-refractivity contribution is -0.144. The van der Waals surface area contributed by atoms with Crippen LogP contribution in [0.3, 0.4) is 0 Å². The number of aliphatic hydroxyl groups is 1.